The van der Waals surface area contributed by atoms with Gasteiger partial charge in [0.05, 0.1) is 39.9 Å². The van der Waals surface area contributed by atoms with Crippen molar-refractivity contribution >= 4 is 13.7 Å². The van der Waals surface area contributed by atoms with Gasteiger partial charge in [-0.2, -0.15) is 0 Å². The highest BCUT2D eigenvalue weighted by molar-refractivity contribution is 7.47. The van der Waals surface area contributed by atoms with Crippen molar-refractivity contribution in [3.05, 3.63) is 60.8 Å². The molecule has 3 atom stereocenters. The average Bonchev–Trinajstić information content (AvgIpc) is 3.09. The van der Waals surface area contributed by atoms with Gasteiger partial charge in [-0.25, -0.2) is 4.57 Å². The van der Waals surface area contributed by atoms with E-state index in [1.165, 1.54) is 64.2 Å². The SMILES string of the molecule is CCCC/C=C\C/C=C\CCCCCCCC(=O)NC(COP(=O)(O)OCC[N+](C)(C)C)C(O)/C=C/CC/C=C/CC/C=C/CCCCCCCC. The smallest absolute Gasteiger partial charge is 0.387 e. The fraction of sp³-hybridized carbons (Fsp3) is 0.744. The summed E-state index contributed by atoms with van der Waals surface area (Å²) >= 11 is 0. The number of hydrogen-bond donors (Lipinski definition) is 3. The lowest BCUT2D eigenvalue weighted by molar-refractivity contribution is -0.870. The van der Waals surface area contributed by atoms with E-state index in [-0.39, 0.29) is 19.1 Å². The molecule has 0 aromatic heterocycles. The number of nitrogens with one attached hydrogen (secondary N) is 1. The van der Waals surface area contributed by atoms with Crippen LogP contribution in [-0.4, -0.2) is 73.4 Å². The van der Waals surface area contributed by atoms with Crippen molar-refractivity contribution in [1.82, 2.24) is 5.32 Å². The Morgan fingerprint density at radius 3 is 1.71 bits per heavy atom. The molecular formula is C43H80N2O6P+. The Kier molecular flexibility index (Phi) is 33.7. The van der Waals surface area contributed by atoms with Gasteiger partial charge in [0.1, 0.15) is 13.2 Å². The van der Waals surface area contributed by atoms with Gasteiger partial charge < -0.3 is 19.8 Å². The predicted molar refractivity (Wildman–Crippen MR) is 221 cm³/mol. The van der Waals surface area contributed by atoms with E-state index in [1.54, 1.807) is 6.08 Å². The van der Waals surface area contributed by atoms with Gasteiger partial charge in [-0.05, 0) is 70.6 Å². The third kappa shape index (κ3) is 36.6. The van der Waals surface area contributed by atoms with E-state index in [0.717, 1.165) is 70.6 Å². The highest BCUT2D eigenvalue weighted by Gasteiger charge is 2.27. The van der Waals surface area contributed by atoms with Gasteiger partial charge >= 0.3 is 7.82 Å². The summed E-state index contributed by atoms with van der Waals surface area (Å²) in [7, 11) is 1.52. The van der Waals surface area contributed by atoms with Gasteiger partial charge in [-0.1, -0.05) is 139 Å². The van der Waals surface area contributed by atoms with Crippen molar-refractivity contribution in [3.8, 4) is 0 Å². The number of hydrogen-bond acceptors (Lipinski definition) is 5. The van der Waals surface area contributed by atoms with Crippen molar-refractivity contribution in [1.29, 1.82) is 0 Å². The van der Waals surface area contributed by atoms with E-state index in [2.05, 4.69) is 67.8 Å². The van der Waals surface area contributed by atoms with Gasteiger partial charge in [0, 0.05) is 6.42 Å². The van der Waals surface area contributed by atoms with Crippen LogP contribution in [0.1, 0.15) is 155 Å². The molecular weight excluding hydrogens is 671 g/mol. The molecule has 302 valence electrons. The lowest BCUT2D eigenvalue weighted by Crippen LogP contribution is -2.45. The van der Waals surface area contributed by atoms with Crippen molar-refractivity contribution in [2.24, 2.45) is 0 Å². The van der Waals surface area contributed by atoms with Crippen molar-refractivity contribution < 1.29 is 32.9 Å². The molecule has 0 spiro atoms. The zero-order valence-corrected chi connectivity index (χ0v) is 34.9. The van der Waals surface area contributed by atoms with Crippen LogP contribution in [0.4, 0.5) is 0 Å². The molecule has 52 heavy (non-hydrogen) atoms. The molecule has 0 radical (unpaired) electrons. The molecule has 0 fully saturated rings. The molecule has 1 amide bonds. The van der Waals surface area contributed by atoms with E-state index < -0.39 is 20.0 Å². The number of quaternary nitrogens is 1. The molecule has 0 aliphatic carbocycles. The van der Waals surface area contributed by atoms with Gasteiger partial charge in [0.2, 0.25) is 5.91 Å². The van der Waals surface area contributed by atoms with E-state index in [4.69, 9.17) is 9.05 Å². The second kappa shape index (κ2) is 34.9. The van der Waals surface area contributed by atoms with E-state index in [9.17, 15) is 19.4 Å². The number of phosphoric acid groups is 1. The molecule has 0 saturated heterocycles. The van der Waals surface area contributed by atoms with E-state index >= 15 is 0 Å². The monoisotopic (exact) mass is 752 g/mol. The highest BCUT2D eigenvalue weighted by atomic mass is 31.2. The largest absolute Gasteiger partial charge is 0.472 e. The van der Waals surface area contributed by atoms with Gasteiger partial charge in [-0.15, -0.1) is 0 Å². The Bertz CT molecular complexity index is 1030. The number of likely N-dealkylation sites (N-methyl/N-ethyl adjacent to an activating group) is 1. The third-order valence-corrected chi connectivity index (χ3v) is 9.67. The lowest BCUT2D eigenvalue weighted by atomic mass is 10.1. The van der Waals surface area contributed by atoms with Crippen LogP contribution in [0.2, 0.25) is 0 Å². The Morgan fingerprint density at radius 2 is 1.13 bits per heavy atom. The molecule has 0 saturated carbocycles. The Morgan fingerprint density at radius 1 is 0.654 bits per heavy atom. The van der Waals surface area contributed by atoms with Crippen LogP contribution in [0, 0.1) is 0 Å². The Balaban J connectivity index is 4.61. The summed E-state index contributed by atoms with van der Waals surface area (Å²) in [4.78, 5) is 23.0. The Labute approximate surface area is 320 Å². The van der Waals surface area contributed by atoms with Crippen molar-refractivity contribution in [2.45, 2.75) is 167 Å². The molecule has 0 aromatic carbocycles. The standard InChI is InChI=1S/C43H79N2O6P/c1-6-8-10-12-14-16-18-20-22-23-24-26-28-30-32-34-36-42(46)41(40-51-52(48,49)50-39-38-45(3,4)5)44-43(47)37-35-33-31-29-27-25-21-19-17-15-13-11-9-7-2/h13,15,19-22,26,28,34,36,41-42,46H,6-12,14,16-18,23-25,27,29-33,35,37-40H2,1-5H3,(H-,44,47,48,49)/p+1/b15-13-,21-19-,22-20+,28-26+,36-34+. The van der Waals surface area contributed by atoms with E-state index in [1.807, 2.05) is 27.2 Å². The second-order valence-corrected chi connectivity index (χ2v) is 16.4. The first-order valence-electron chi connectivity index (χ1n) is 20.7. The van der Waals surface area contributed by atoms with Crippen LogP contribution < -0.4 is 5.32 Å². The first kappa shape index (κ1) is 50.2. The molecule has 0 rings (SSSR count). The van der Waals surface area contributed by atoms with E-state index in [0.29, 0.717) is 17.4 Å². The zero-order chi connectivity index (χ0) is 38.6. The molecule has 0 aliphatic heterocycles. The van der Waals surface area contributed by atoms with Gasteiger partial charge in [0.25, 0.3) is 0 Å². The maximum atomic E-state index is 12.8. The summed E-state index contributed by atoms with van der Waals surface area (Å²) in [6, 6.07) is -0.877. The number of amides is 1. The number of allylic oxidation sites excluding steroid dienone is 9. The average molecular weight is 752 g/mol. The van der Waals surface area contributed by atoms with Crippen LogP contribution in [0.25, 0.3) is 0 Å². The number of nitrogens with zero attached hydrogens (tertiary/aromatic N) is 1. The number of aliphatic hydroxyl groups excluding tert-OH is 1. The van der Waals surface area contributed by atoms with Crippen LogP contribution in [0.15, 0.2) is 60.8 Å². The maximum absolute atomic E-state index is 12.8. The number of rotatable bonds is 36. The summed E-state index contributed by atoms with van der Waals surface area (Å²) in [5.41, 5.74) is 0. The fourth-order valence-corrected chi connectivity index (χ4v) is 6.06. The molecule has 0 heterocycles. The van der Waals surface area contributed by atoms with Crippen LogP contribution >= 0.6 is 7.82 Å². The molecule has 3 unspecified atom stereocenters. The summed E-state index contributed by atoms with van der Waals surface area (Å²) in [5.74, 6) is -0.210. The van der Waals surface area contributed by atoms with Crippen LogP contribution in [0.3, 0.4) is 0 Å². The number of carbonyl (C=O) groups excluding carboxylic acids is 1. The molecule has 0 aromatic rings. The first-order chi connectivity index (χ1) is 25.0. The quantitative estimate of drug-likeness (QED) is 0.0255. The first-order valence-corrected chi connectivity index (χ1v) is 22.2. The normalized spacial score (nSPS) is 15.1. The highest BCUT2D eigenvalue weighted by Crippen LogP contribution is 2.43. The molecule has 9 heteroatoms. The lowest BCUT2D eigenvalue weighted by Gasteiger charge is -2.25. The topological polar surface area (TPSA) is 105 Å². The second-order valence-electron chi connectivity index (χ2n) is 15.0. The minimum Gasteiger partial charge on any atom is -0.387 e. The summed E-state index contributed by atoms with van der Waals surface area (Å²) < 4.78 is 23.5. The molecule has 3 N–H and O–H groups in total. The molecule has 0 aliphatic rings. The molecule has 8 nitrogen and oxygen atoms in total. The van der Waals surface area contributed by atoms with Gasteiger partial charge in [0.15, 0.2) is 0 Å². The summed E-state index contributed by atoms with van der Waals surface area (Å²) in [5, 5.41) is 13.7. The van der Waals surface area contributed by atoms with Crippen LogP contribution in [-0.2, 0) is 18.4 Å². The number of phosphoric ester groups is 1. The predicted octanol–water partition coefficient (Wildman–Crippen LogP) is 11.1. The minimum atomic E-state index is -4.35. The number of carbonyl (C=O) groups is 1. The summed E-state index contributed by atoms with van der Waals surface area (Å²) in [6.07, 6.45) is 44.3. The van der Waals surface area contributed by atoms with Crippen molar-refractivity contribution in [3.63, 3.8) is 0 Å². The summed E-state index contributed by atoms with van der Waals surface area (Å²) in [6.45, 7) is 4.69. The fourth-order valence-electron chi connectivity index (χ4n) is 5.32. The maximum Gasteiger partial charge on any atom is 0.472 e. The van der Waals surface area contributed by atoms with Crippen molar-refractivity contribution in [2.75, 3.05) is 40.9 Å². The number of aliphatic hydroxyl groups is 1. The number of unbranched alkanes of at least 4 members (excludes halogenated alkanes) is 15. The molecule has 0 bridgehead atoms. The zero-order valence-electron chi connectivity index (χ0n) is 34.0. The van der Waals surface area contributed by atoms with Gasteiger partial charge in [-0.3, -0.25) is 13.8 Å². The third-order valence-electron chi connectivity index (χ3n) is 8.69. The minimum absolute atomic E-state index is 0.0481. The Hall–Kier alpha value is -1.80. The van der Waals surface area contributed by atoms with Crippen LogP contribution in [0.5, 0.6) is 0 Å².